The molecule has 0 atom stereocenters. The largest absolute Gasteiger partial charge is 0.496 e. The van der Waals surface area contributed by atoms with Gasteiger partial charge in [-0.2, -0.15) is 4.98 Å². The zero-order valence-electron chi connectivity index (χ0n) is 14.6. The van der Waals surface area contributed by atoms with Crippen molar-refractivity contribution in [2.75, 3.05) is 24.3 Å². The highest BCUT2D eigenvalue weighted by Crippen LogP contribution is 2.43. The Kier molecular flexibility index (Phi) is 4.03. The fourth-order valence-corrected chi connectivity index (χ4v) is 3.85. The van der Waals surface area contributed by atoms with Crippen LogP contribution in [0.2, 0.25) is 5.15 Å². The fraction of sp³-hybridized carbons (Fsp3) is 0.471. The molecule has 0 aromatic carbocycles. The Morgan fingerprint density at radius 3 is 2.71 bits per heavy atom. The molecule has 0 saturated heterocycles. The van der Waals surface area contributed by atoms with E-state index in [2.05, 4.69) is 33.7 Å². The molecule has 1 aliphatic rings. The molecule has 128 valence electrons. The number of nitrogen functional groups attached to an aromatic ring is 1. The van der Waals surface area contributed by atoms with Crippen molar-refractivity contribution in [2.45, 2.75) is 39.7 Å². The molecule has 0 fully saturated rings. The summed E-state index contributed by atoms with van der Waals surface area (Å²) in [7, 11) is 1.68. The van der Waals surface area contributed by atoms with Gasteiger partial charge in [0.15, 0.2) is 0 Å². The SMILES string of the molecule is COc1c(C)cnc(CN2CC(C)(C)c3c(Cl)nc(N)nc32)c1C. The number of fused-ring (bicyclic) bond motifs is 1. The summed E-state index contributed by atoms with van der Waals surface area (Å²) in [5.74, 6) is 1.85. The van der Waals surface area contributed by atoms with E-state index < -0.39 is 0 Å². The Balaban J connectivity index is 2.03. The molecule has 24 heavy (non-hydrogen) atoms. The summed E-state index contributed by atoms with van der Waals surface area (Å²) in [5, 5.41) is 0.427. The third-order valence-corrected chi connectivity index (χ3v) is 4.79. The van der Waals surface area contributed by atoms with Gasteiger partial charge in [-0.05, 0) is 13.8 Å². The molecular formula is C17H22ClN5O. The Bertz CT molecular complexity index is 806. The minimum absolute atomic E-state index is 0.150. The molecule has 1 aliphatic heterocycles. The predicted octanol–water partition coefficient (Wildman–Crippen LogP) is 3.03. The number of anilines is 2. The van der Waals surface area contributed by atoms with Crippen LogP contribution in [0.15, 0.2) is 6.20 Å². The van der Waals surface area contributed by atoms with Crippen molar-refractivity contribution in [1.29, 1.82) is 0 Å². The number of nitrogens with two attached hydrogens (primary N) is 1. The number of halogens is 1. The van der Waals surface area contributed by atoms with Gasteiger partial charge in [0.2, 0.25) is 5.95 Å². The van der Waals surface area contributed by atoms with Gasteiger partial charge in [0.1, 0.15) is 16.7 Å². The maximum Gasteiger partial charge on any atom is 0.223 e. The average molecular weight is 348 g/mol. The summed E-state index contributed by atoms with van der Waals surface area (Å²) in [6, 6.07) is 0. The molecule has 0 amide bonds. The molecule has 0 aliphatic carbocycles. The van der Waals surface area contributed by atoms with E-state index in [0.717, 1.165) is 40.5 Å². The van der Waals surface area contributed by atoms with Crippen molar-refractivity contribution in [3.8, 4) is 5.75 Å². The number of aryl methyl sites for hydroxylation is 1. The van der Waals surface area contributed by atoms with E-state index in [4.69, 9.17) is 22.1 Å². The lowest BCUT2D eigenvalue weighted by Gasteiger charge is -2.22. The molecule has 2 aromatic rings. The number of ether oxygens (including phenoxy) is 1. The van der Waals surface area contributed by atoms with Crippen molar-refractivity contribution in [3.63, 3.8) is 0 Å². The smallest absolute Gasteiger partial charge is 0.223 e. The van der Waals surface area contributed by atoms with Gasteiger partial charge < -0.3 is 15.4 Å². The third kappa shape index (κ3) is 2.65. The van der Waals surface area contributed by atoms with E-state index in [1.54, 1.807) is 7.11 Å². The summed E-state index contributed by atoms with van der Waals surface area (Å²) in [4.78, 5) is 15.3. The molecule has 2 N–H and O–H groups in total. The van der Waals surface area contributed by atoms with Gasteiger partial charge in [0, 0.05) is 34.8 Å². The van der Waals surface area contributed by atoms with Gasteiger partial charge in [-0.25, -0.2) is 4.98 Å². The number of aromatic nitrogens is 3. The Labute approximate surface area is 147 Å². The molecule has 3 rings (SSSR count). The second-order valence-corrected chi connectivity index (χ2v) is 7.22. The molecule has 0 saturated carbocycles. The summed E-state index contributed by atoms with van der Waals surface area (Å²) in [5.41, 5.74) is 9.61. The first-order valence-corrected chi connectivity index (χ1v) is 8.20. The van der Waals surface area contributed by atoms with Crippen LogP contribution in [0.4, 0.5) is 11.8 Å². The zero-order valence-corrected chi connectivity index (χ0v) is 15.4. The number of hydrogen-bond donors (Lipinski definition) is 1. The molecular weight excluding hydrogens is 326 g/mol. The minimum atomic E-state index is -0.150. The van der Waals surface area contributed by atoms with E-state index >= 15 is 0 Å². The maximum absolute atomic E-state index is 6.33. The van der Waals surface area contributed by atoms with Gasteiger partial charge in [-0.3, -0.25) is 4.98 Å². The second-order valence-electron chi connectivity index (χ2n) is 6.86. The molecule has 6 nitrogen and oxygen atoms in total. The minimum Gasteiger partial charge on any atom is -0.496 e. The Morgan fingerprint density at radius 1 is 1.33 bits per heavy atom. The fourth-order valence-electron chi connectivity index (χ4n) is 3.42. The lowest BCUT2D eigenvalue weighted by molar-refractivity contribution is 0.406. The number of rotatable bonds is 3. The molecule has 0 spiro atoms. The number of pyridine rings is 1. The predicted molar refractivity (Wildman–Crippen MR) is 95.8 cm³/mol. The first kappa shape index (κ1) is 16.8. The van der Waals surface area contributed by atoms with Gasteiger partial charge >= 0.3 is 0 Å². The highest BCUT2D eigenvalue weighted by Gasteiger charge is 2.39. The van der Waals surface area contributed by atoms with Crippen molar-refractivity contribution < 1.29 is 4.74 Å². The van der Waals surface area contributed by atoms with Gasteiger partial charge in [0.25, 0.3) is 0 Å². The van der Waals surface area contributed by atoms with E-state index in [1.165, 1.54) is 0 Å². The van der Waals surface area contributed by atoms with Crippen molar-refractivity contribution >= 4 is 23.4 Å². The molecule has 7 heteroatoms. The first-order valence-electron chi connectivity index (χ1n) is 7.82. The lowest BCUT2D eigenvalue weighted by atomic mass is 9.89. The van der Waals surface area contributed by atoms with Gasteiger partial charge in [0.05, 0.1) is 19.3 Å². The van der Waals surface area contributed by atoms with Crippen LogP contribution in [0.3, 0.4) is 0 Å². The van der Waals surface area contributed by atoms with E-state index in [9.17, 15) is 0 Å². The van der Waals surface area contributed by atoms with Crippen LogP contribution in [-0.2, 0) is 12.0 Å². The molecule has 3 heterocycles. The van der Waals surface area contributed by atoms with E-state index in [-0.39, 0.29) is 11.4 Å². The quantitative estimate of drug-likeness (QED) is 0.860. The van der Waals surface area contributed by atoms with Gasteiger partial charge in [-0.15, -0.1) is 0 Å². The lowest BCUT2D eigenvalue weighted by Crippen LogP contribution is -2.29. The van der Waals surface area contributed by atoms with Crippen LogP contribution in [0, 0.1) is 13.8 Å². The summed E-state index contributed by atoms with van der Waals surface area (Å²) < 4.78 is 5.50. The zero-order chi connectivity index (χ0) is 17.6. The monoisotopic (exact) mass is 347 g/mol. The van der Waals surface area contributed by atoms with Crippen molar-refractivity contribution in [1.82, 2.24) is 15.0 Å². The van der Waals surface area contributed by atoms with Crippen LogP contribution >= 0.6 is 11.6 Å². The van der Waals surface area contributed by atoms with Crippen LogP contribution in [0.5, 0.6) is 5.75 Å². The normalized spacial score (nSPS) is 15.5. The summed E-state index contributed by atoms with van der Waals surface area (Å²) in [6.45, 7) is 9.67. The standard InChI is InChI=1S/C17H22ClN5O/c1-9-6-20-11(10(2)13(9)24-5)7-23-8-17(3,4)12-14(18)21-16(19)22-15(12)23/h6H,7-8H2,1-5H3,(H2,19,21,22). The summed E-state index contributed by atoms with van der Waals surface area (Å²) in [6.07, 6.45) is 1.84. The third-order valence-electron chi connectivity index (χ3n) is 4.52. The highest BCUT2D eigenvalue weighted by molar-refractivity contribution is 6.30. The average Bonchev–Trinajstić information content (AvgIpc) is 2.73. The first-order chi connectivity index (χ1) is 11.2. The second kappa shape index (κ2) is 5.77. The molecule has 0 bridgehead atoms. The Hall–Kier alpha value is -2.08. The van der Waals surface area contributed by atoms with E-state index in [0.29, 0.717) is 11.7 Å². The van der Waals surface area contributed by atoms with Gasteiger partial charge in [-0.1, -0.05) is 25.4 Å². The molecule has 2 aromatic heterocycles. The van der Waals surface area contributed by atoms with E-state index in [1.807, 2.05) is 20.0 Å². The Morgan fingerprint density at radius 2 is 2.04 bits per heavy atom. The van der Waals surface area contributed by atoms with Crippen molar-refractivity contribution in [2.24, 2.45) is 0 Å². The summed E-state index contributed by atoms with van der Waals surface area (Å²) >= 11 is 6.33. The molecule has 0 unspecified atom stereocenters. The number of hydrogen-bond acceptors (Lipinski definition) is 6. The van der Waals surface area contributed by atoms with Crippen LogP contribution < -0.4 is 15.4 Å². The van der Waals surface area contributed by atoms with Crippen LogP contribution in [0.25, 0.3) is 0 Å². The maximum atomic E-state index is 6.33. The topological polar surface area (TPSA) is 77.2 Å². The number of methoxy groups -OCH3 is 1. The van der Waals surface area contributed by atoms with Crippen LogP contribution in [0.1, 0.15) is 36.2 Å². The van der Waals surface area contributed by atoms with Crippen molar-refractivity contribution in [3.05, 3.63) is 33.7 Å². The van der Waals surface area contributed by atoms with Crippen LogP contribution in [-0.4, -0.2) is 28.6 Å². The number of nitrogens with zero attached hydrogens (tertiary/aromatic N) is 4. The highest BCUT2D eigenvalue weighted by atomic mass is 35.5. The molecule has 0 radical (unpaired) electrons.